The molecule has 3 rings (SSSR count). The fourth-order valence-electron chi connectivity index (χ4n) is 2.48. The van der Waals surface area contributed by atoms with Gasteiger partial charge in [-0.3, -0.25) is 4.79 Å². The lowest BCUT2D eigenvalue weighted by atomic mass is 10.2. The van der Waals surface area contributed by atoms with Crippen LogP contribution >= 0.6 is 36.2 Å². The number of aromatic nitrogens is 1. The lowest BCUT2D eigenvalue weighted by Gasteiger charge is -2.10. The number of thiophene rings is 1. The second-order valence-corrected chi connectivity index (χ2v) is 6.09. The number of nitrogens with zero attached hydrogens (tertiary/aromatic N) is 1. The Balaban J connectivity index is 0.00000132. The molecule has 8 heteroatoms. The topological polar surface area (TPSA) is 67.2 Å². The summed E-state index contributed by atoms with van der Waals surface area (Å²) in [7, 11) is 0. The van der Waals surface area contributed by atoms with Crippen LogP contribution < -0.4 is 10.6 Å². The van der Waals surface area contributed by atoms with Crippen LogP contribution in [0.5, 0.6) is 0 Å². The smallest absolute Gasteiger partial charge is 0.227 e. The quantitative estimate of drug-likeness (QED) is 0.840. The van der Waals surface area contributed by atoms with Gasteiger partial charge in [-0.15, -0.1) is 24.8 Å². The first-order chi connectivity index (χ1) is 10.2. The number of carbonyl (C=O) groups is 1. The van der Waals surface area contributed by atoms with Crippen molar-refractivity contribution in [2.24, 2.45) is 0 Å². The van der Waals surface area contributed by atoms with Gasteiger partial charge in [0.25, 0.3) is 0 Å². The summed E-state index contributed by atoms with van der Waals surface area (Å²) in [5.74, 6) is 1.30. The number of oxazole rings is 1. The summed E-state index contributed by atoms with van der Waals surface area (Å²) in [6.07, 6.45) is 2.59. The number of amides is 1. The Morgan fingerprint density at radius 3 is 3.00 bits per heavy atom. The monoisotopic (exact) mass is 377 g/mol. The predicted octanol–water partition coefficient (Wildman–Crippen LogP) is 2.97. The Kier molecular flexibility index (Phi) is 8.05. The van der Waals surface area contributed by atoms with Crippen LogP contribution in [-0.4, -0.2) is 30.0 Å². The molecular weight excluding hydrogens is 357 g/mol. The van der Waals surface area contributed by atoms with E-state index in [2.05, 4.69) is 15.6 Å². The van der Waals surface area contributed by atoms with E-state index in [0.29, 0.717) is 29.9 Å². The molecule has 23 heavy (non-hydrogen) atoms. The maximum atomic E-state index is 12.0. The zero-order valence-corrected chi connectivity index (χ0v) is 15.3. The number of rotatable bonds is 5. The minimum atomic E-state index is -0.00281. The molecule has 3 heterocycles. The summed E-state index contributed by atoms with van der Waals surface area (Å²) >= 11 is 1.60. The largest absolute Gasteiger partial charge is 0.441 e. The molecule has 1 aliphatic rings. The molecule has 1 amide bonds. The highest BCUT2D eigenvalue weighted by atomic mass is 35.5. The van der Waals surface area contributed by atoms with E-state index in [4.69, 9.17) is 4.42 Å². The highest BCUT2D eigenvalue weighted by Crippen LogP contribution is 2.23. The number of aryl methyl sites for hydroxylation is 1. The molecular formula is C15H21Cl2N3O2S. The van der Waals surface area contributed by atoms with E-state index in [1.165, 1.54) is 6.42 Å². The molecule has 0 spiro atoms. The van der Waals surface area contributed by atoms with Gasteiger partial charge in [-0.2, -0.15) is 11.3 Å². The molecule has 5 nitrogen and oxygen atoms in total. The molecule has 2 aromatic heterocycles. The Bertz CT molecular complexity index is 610. The van der Waals surface area contributed by atoms with E-state index in [1.54, 1.807) is 11.3 Å². The molecule has 0 aliphatic carbocycles. The lowest BCUT2D eigenvalue weighted by molar-refractivity contribution is -0.120. The molecule has 0 saturated carbocycles. The van der Waals surface area contributed by atoms with E-state index in [1.807, 2.05) is 23.8 Å². The fourth-order valence-corrected chi connectivity index (χ4v) is 3.11. The number of hydrogen-bond acceptors (Lipinski definition) is 5. The van der Waals surface area contributed by atoms with Gasteiger partial charge in [0.1, 0.15) is 5.76 Å². The zero-order valence-electron chi connectivity index (χ0n) is 12.8. The van der Waals surface area contributed by atoms with Gasteiger partial charge in [-0.05, 0) is 37.8 Å². The average Bonchev–Trinajstić information content (AvgIpc) is 3.18. The molecule has 0 aromatic carbocycles. The van der Waals surface area contributed by atoms with Crippen LogP contribution in [0.1, 0.15) is 24.3 Å². The van der Waals surface area contributed by atoms with E-state index >= 15 is 0 Å². The van der Waals surface area contributed by atoms with Crippen molar-refractivity contribution in [2.45, 2.75) is 32.2 Å². The minimum Gasteiger partial charge on any atom is -0.441 e. The first-order valence-electron chi connectivity index (χ1n) is 7.21. The normalized spacial score (nSPS) is 16.5. The molecule has 2 N–H and O–H groups in total. The Morgan fingerprint density at radius 2 is 2.35 bits per heavy atom. The van der Waals surface area contributed by atoms with Crippen molar-refractivity contribution in [3.05, 3.63) is 28.3 Å². The fraction of sp³-hybridized carbons (Fsp3) is 0.467. The second kappa shape index (κ2) is 9.27. The molecule has 1 aliphatic heterocycles. The van der Waals surface area contributed by atoms with Gasteiger partial charge in [-0.1, -0.05) is 0 Å². The molecule has 1 saturated heterocycles. The zero-order chi connectivity index (χ0) is 14.7. The van der Waals surface area contributed by atoms with Crippen molar-refractivity contribution < 1.29 is 9.21 Å². The first-order valence-corrected chi connectivity index (χ1v) is 8.15. The summed E-state index contributed by atoms with van der Waals surface area (Å²) < 4.78 is 5.64. The van der Waals surface area contributed by atoms with E-state index in [0.717, 1.165) is 18.5 Å². The van der Waals surface area contributed by atoms with Crippen molar-refractivity contribution >= 4 is 42.1 Å². The second-order valence-electron chi connectivity index (χ2n) is 5.31. The highest BCUT2D eigenvalue weighted by Gasteiger charge is 2.17. The molecule has 1 unspecified atom stereocenters. The van der Waals surface area contributed by atoms with E-state index in [9.17, 15) is 4.79 Å². The van der Waals surface area contributed by atoms with Crippen molar-refractivity contribution in [2.75, 3.05) is 13.1 Å². The van der Waals surface area contributed by atoms with Crippen LogP contribution in [0.25, 0.3) is 11.5 Å². The average molecular weight is 378 g/mol. The number of nitrogens with one attached hydrogen (secondary N) is 2. The maximum absolute atomic E-state index is 12.0. The van der Waals surface area contributed by atoms with Gasteiger partial charge in [0.05, 0.1) is 12.1 Å². The van der Waals surface area contributed by atoms with Crippen molar-refractivity contribution in [3.8, 4) is 11.5 Å². The van der Waals surface area contributed by atoms with Gasteiger partial charge in [0.2, 0.25) is 11.8 Å². The molecule has 0 bridgehead atoms. The third kappa shape index (κ3) is 5.21. The standard InChI is InChI=1S/C15H19N3O2S.2ClH/c1-10-13(18-15(20-10)11-4-6-21-9-11)7-14(19)17-8-12-3-2-5-16-12;;/h4,6,9,12,16H,2-3,5,7-8H2,1H3,(H,17,19);2*1H. The molecule has 1 atom stereocenters. The molecule has 1 fully saturated rings. The van der Waals surface area contributed by atoms with Crippen molar-refractivity contribution in [1.82, 2.24) is 15.6 Å². The van der Waals surface area contributed by atoms with E-state index in [-0.39, 0.29) is 37.1 Å². The van der Waals surface area contributed by atoms with Crippen molar-refractivity contribution in [1.29, 1.82) is 0 Å². The number of halogens is 2. The highest BCUT2D eigenvalue weighted by molar-refractivity contribution is 7.08. The van der Waals surface area contributed by atoms with Crippen molar-refractivity contribution in [3.63, 3.8) is 0 Å². The van der Waals surface area contributed by atoms with Gasteiger partial charge < -0.3 is 15.1 Å². The Hall–Kier alpha value is -1.08. The summed E-state index contributed by atoms with van der Waals surface area (Å²) in [6.45, 7) is 3.59. The predicted molar refractivity (Wildman–Crippen MR) is 96.8 cm³/mol. The van der Waals surface area contributed by atoms with Gasteiger partial charge in [0, 0.05) is 23.5 Å². The van der Waals surface area contributed by atoms with E-state index < -0.39 is 0 Å². The summed E-state index contributed by atoms with van der Waals surface area (Å²) in [5.41, 5.74) is 1.68. The molecule has 2 aromatic rings. The lowest BCUT2D eigenvalue weighted by Crippen LogP contribution is -2.37. The van der Waals surface area contributed by atoms with Crippen LogP contribution in [0.2, 0.25) is 0 Å². The van der Waals surface area contributed by atoms with Crippen LogP contribution in [0.3, 0.4) is 0 Å². The first kappa shape index (κ1) is 20.0. The van der Waals surface area contributed by atoms with Gasteiger partial charge in [-0.25, -0.2) is 4.98 Å². The summed E-state index contributed by atoms with van der Waals surface area (Å²) in [5, 5.41) is 10.3. The van der Waals surface area contributed by atoms with Crippen LogP contribution in [0.4, 0.5) is 0 Å². The minimum absolute atomic E-state index is 0. The van der Waals surface area contributed by atoms with Gasteiger partial charge in [0.15, 0.2) is 0 Å². The third-order valence-electron chi connectivity index (χ3n) is 3.70. The Morgan fingerprint density at radius 1 is 1.52 bits per heavy atom. The van der Waals surface area contributed by atoms with Crippen LogP contribution in [0, 0.1) is 6.92 Å². The number of hydrogen-bond donors (Lipinski definition) is 2. The maximum Gasteiger partial charge on any atom is 0.227 e. The van der Waals surface area contributed by atoms with Crippen LogP contribution in [0.15, 0.2) is 21.2 Å². The van der Waals surface area contributed by atoms with Gasteiger partial charge >= 0.3 is 0 Å². The molecule has 0 radical (unpaired) electrons. The third-order valence-corrected chi connectivity index (χ3v) is 4.38. The summed E-state index contributed by atoms with van der Waals surface area (Å²) in [6, 6.07) is 2.37. The summed E-state index contributed by atoms with van der Waals surface area (Å²) in [4.78, 5) is 16.4. The Labute approximate surface area is 152 Å². The SMILES string of the molecule is Cc1oc(-c2ccsc2)nc1CC(=O)NCC1CCCN1.Cl.Cl. The number of carbonyl (C=O) groups excluding carboxylic acids is 1. The van der Waals surface area contributed by atoms with Crippen LogP contribution in [-0.2, 0) is 11.2 Å². The molecule has 128 valence electrons.